The van der Waals surface area contributed by atoms with Crippen LogP contribution in [-0.2, 0) is 16.0 Å². The van der Waals surface area contributed by atoms with Crippen LogP contribution < -0.4 is 5.73 Å². The van der Waals surface area contributed by atoms with E-state index in [9.17, 15) is 4.79 Å². The Kier molecular flexibility index (Phi) is 4.65. The average molecular weight is 301 g/mol. The molecule has 1 aromatic heterocycles. The van der Waals surface area contributed by atoms with Crippen molar-refractivity contribution in [2.24, 2.45) is 5.73 Å². The van der Waals surface area contributed by atoms with Crippen LogP contribution in [0, 0.1) is 0 Å². The second-order valence-electron chi connectivity index (χ2n) is 4.81. The first-order valence-corrected chi connectivity index (χ1v) is 6.16. The molecule has 0 saturated carbocycles. The molecule has 0 radical (unpaired) electrons. The molecule has 2 N–H and O–H groups in total. The molecule has 1 atom stereocenters. The summed E-state index contributed by atoms with van der Waals surface area (Å²) in [5.74, 6) is -0.401. The van der Waals surface area contributed by atoms with Gasteiger partial charge in [0.1, 0.15) is 11.6 Å². The number of rotatable bonds is 3. The van der Waals surface area contributed by atoms with E-state index in [0.717, 1.165) is 10.2 Å². The minimum atomic E-state index is -0.678. The average Bonchev–Trinajstić information content (AvgIpc) is 2.19. The molecule has 0 aliphatic rings. The Morgan fingerprint density at radius 3 is 2.65 bits per heavy atom. The van der Waals surface area contributed by atoms with Crippen LogP contribution in [0.4, 0.5) is 0 Å². The lowest BCUT2D eigenvalue weighted by atomic mass is 10.1. The Bertz CT molecular complexity index is 384. The third-order valence-corrected chi connectivity index (χ3v) is 2.40. The summed E-state index contributed by atoms with van der Waals surface area (Å²) in [7, 11) is 0. The lowest BCUT2D eigenvalue weighted by molar-refractivity contribution is -0.156. The van der Waals surface area contributed by atoms with Gasteiger partial charge in [0.2, 0.25) is 0 Å². The van der Waals surface area contributed by atoms with Gasteiger partial charge in [-0.15, -0.1) is 0 Å². The minimum absolute atomic E-state index is 0.377. The van der Waals surface area contributed by atoms with E-state index >= 15 is 0 Å². The zero-order valence-electron chi connectivity index (χ0n) is 10.2. The van der Waals surface area contributed by atoms with Gasteiger partial charge in [0.15, 0.2) is 0 Å². The van der Waals surface area contributed by atoms with Crippen LogP contribution >= 0.6 is 15.9 Å². The van der Waals surface area contributed by atoms with Crippen LogP contribution in [0.2, 0.25) is 0 Å². The van der Waals surface area contributed by atoms with Crippen molar-refractivity contribution in [3.8, 4) is 0 Å². The molecule has 1 rings (SSSR count). The van der Waals surface area contributed by atoms with Gasteiger partial charge in [-0.1, -0.05) is 0 Å². The van der Waals surface area contributed by atoms with Crippen molar-refractivity contribution in [1.82, 2.24) is 4.98 Å². The van der Waals surface area contributed by atoms with E-state index in [1.165, 1.54) is 0 Å². The van der Waals surface area contributed by atoms with Gasteiger partial charge in [0.25, 0.3) is 0 Å². The van der Waals surface area contributed by atoms with E-state index in [-0.39, 0.29) is 0 Å². The molecule has 5 heteroatoms. The standard InChI is InChI=1S/C12H17BrN2O2/c1-12(2,3)17-11(16)10(14)6-9-5-4-8(13)7-15-9/h4-5,7,10H,6,14H2,1-3H3. The van der Waals surface area contributed by atoms with E-state index in [0.29, 0.717) is 6.42 Å². The normalized spacial score (nSPS) is 13.2. The number of hydrogen-bond donors (Lipinski definition) is 1. The highest BCUT2D eigenvalue weighted by Crippen LogP contribution is 2.11. The smallest absolute Gasteiger partial charge is 0.323 e. The summed E-state index contributed by atoms with van der Waals surface area (Å²) in [6, 6.07) is 3.02. The van der Waals surface area contributed by atoms with Crippen LogP contribution in [0.25, 0.3) is 0 Å². The summed E-state index contributed by atoms with van der Waals surface area (Å²) in [5.41, 5.74) is 6.03. The number of aromatic nitrogens is 1. The summed E-state index contributed by atoms with van der Waals surface area (Å²) in [6.07, 6.45) is 2.05. The number of ether oxygens (including phenoxy) is 1. The fraction of sp³-hybridized carbons (Fsp3) is 0.500. The number of nitrogens with two attached hydrogens (primary N) is 1. The molecule has 0 fully saturated rings. The fourth-order valence-electron chi connectivity index (χ4n) is 1.21. The monoisotopic (exact) mass is 300 g/mol. The van der Waals surface area contributed by atoms with Crippen LogP contribution in [-0.4, -0.2) is 22.6 Å². The van der Waals surface area contributed by atoms with Crippen molar-refractivity contribution in [2.45, 2.75) is 38.8 Å². The van der Waals surface area contributed by atoms with Gasteiger partial charge in [0.05, 0.1) is 0 Å². The van der Waals surface area contributed by atoms with E-state index < -0.39 is 17.6 Å². The highest BCUT2D eigenvalue weighted by Gasteiger charge is 2.22. The van der Waals surface area contributed by atoms with Crippen molar-refractivity contribution < 1.29 is 9.53 Å². The number of halogens is 1. The summed E-state index contributed by atoms with van der Waals surface area (Å²) >= 11 is 3.29. The summed E-state index contributed by atoms with van der Waals surface area (Å²) < 4.78 is 6.09. The summed E-state index contributed by atoms with van der Waals surface area (Å²) in [6.45, 7) is 5.44. The first-order chi connectivity index (χ1) is 7.78. The second kappa shape index (κ2) is 5.60. The predicted octanol–water partition coefficient (Wildman–Crippen LogP) is 2.06. The Labute approximate surface area is 110 Å². The van der Waals surface area contributed by atoms with Crippen LogP contribution in [0.5, 0.6) is 0 Å². The van der Waals surface area contributed by atoms with Crippen molar-refractivity contribution in [2.75, 3.05) is 0 Å². The number of esters is 1. The molecule has 0 aliphatic carbocycles. The van der Waals surface area contributed by atoms with Crippen molar-refractivity contribution in [1.29, 1.82) is 0 Å². The molecule has 0 bridgehead atoms. The predicted molar refractivity (Wildman–Crippen MR) is 69.5 cm³/mol. The Morgan fingerprint density at radius 1 is 1.53 bits per heavy atom. The Hall–Kier alpha value is -0.940. The number of hydrogen-bond acceptors (Lipinski definition) is 4. The molecule has 1 aromatic rings. The maximum absolute atomic E-state index is 11.6. The lowest BCUT2D eigenvalue weighted by Crippen LogP contribution is -2.39. The van der Waals surface area contributed by atoms with Gasteiger partial charge in [0, 0.05) is 22.8 Å². The molecule has 0 spiro atoms. The number of nitrogens with zero attached hydrogens (tertiary/aromatic N) is 1. The van der Waals surface area contributed by atoms with E-state index in [2.05, 4.69) is 20.9 Å². The van der Waals surface area contributed by atoms with Gasteiger partial charge in [-0.2, -0.15) is 0 Å². The first-order valence-electron chi connectivity index (χ1n) is 5.37. The second-order valence-corrected chi connectivity index (χ2v) is 5.73. The molecule has 0 saturated heterocycles. The quantitative estimate of drug-likeness (QED) is 0.868. The zero-order valence-corrected chi connectivity index (χ0v) is 11.8. The molecule has 0 aliphatic heterocycles. The highest BCUT2D eigenvalue weighted by molar-refractivity contribution is 9.10. The molecule has 0 amide bonds. The van der Waals surface area contributed by atoms with E-state index in [1.54, 1.807) is 6.20 Å². The number of carbonyl (C=O) groups is 1. The maximum Gasteiger partial charge on any atom is 0.323 e. The van der Waals surface area contributed by atoms with Crippen LogP contribution in [0.1, 0.15) is 26.5 Å². The van der Waals surface area contributed by atoms with E-state index in [1.807, 2.05) is 32.9 Å². The Balaban J connectivity index is 2.57. The largest absolute Gasteiger partial charge is 0.459 e. The van der Waals surface area contributed by atoms with Gasteiger partial charge < -0.3 is 10.5 Å². The van der Waals surface area contributed by atoms with Crippen LogP contribution in [0.3, 0.4) is 0 Å². The molecule has 4 nitrogen and oxygen atoms in total. The van der Waals surface area contributed by atoms with Crippen molar-refractivity contribution >= 4 is 21.9 Å². The highest BCUT2D eigenvalue weighted by atomic mass is 79.9. The first kappa shape index (κ1) is 14.1. The molecular weight excluding hydrogens is 284 g/mol. The molecule has 94 valence electrons. The molecule has 0 aromatic carbocycles. The van der Waals surface area contributed by atoms with Gasteiger partial charge >= 0.3 is 5.97 Å². The van der Waals surface area contributed by atoms with Gasteiger partial charge in [-0.3, -0.25) is 9.78 Å². The minimum Gasteiger partial charge on any atom is -0.459 e. The summed E-state index contributed by atoms with van der Waals surface area (Å²) in [5, 5.41) is 0. The number of pyridine rings is 1. The third kappa shape index (κ3) is 5.28. The van der Waals surface area contributed by atoms with Crippen molar-refractivity contribution in [3.63, 3.8) is 0 Å². The molecule has 1 heterocycles. The summed E-state index contributed by atoms with van der Waals surface area (Å²) in [4.78, 5) is 15.8. The van der Waals surface area contributed by atoms with Gasteiger partial charge in [-0.25, -0.2) is 0 Å². The van der Waals surface area contributed by atoms with Crippen LogP contribution in [0.15, 0.2) is 22.8 Å². The number of carbonyl (C=O) groups excluding carboxylic acids is 1. The third-order valence-electron chi connectivity index (χ3n) is 1.93. The topological polar surface area (TPSA) is 65.2 Å². The SMILES string of the molecule is CC(C)(C)OC(=O)C(N)Cc1ccc(Br)cn1. The molecule has 17 heavy (non-hydrogen) atoms. The molecular formula is C12H17BrN2O2. The Morgan fingerprint density at radius 2 is 2.18 bits per heavy atom. The van der Waals surface area contributed by atoms with Gasteiger partial charge in [-0.05, 0) is 48.8 Å². The zero-order chi connectivity index (χ0) is 13.1. The fourth-order valence-corrected chi connectivity index (χ4v) is 1.45. The molecule has 1 unspecified atom stereocenters. The lowest BCUT2D eigenvalue weighted by Gasteiger charge is -2.22. The maximum atomic E-state index is 11.6. The van der Waals surface area contributed by atoms with Crippen molar-refractivity contribution in [3.05, 3.63) is 28.5 Å². The van der Waals surface area contributed by atoms with E-state index in [4.69, 9.17) is 10.5 Å².